The topological polar surface area (TPSA) is 115 Å². The lowest BCUT2D eigenvalue weighted by Crippen LogP contribution is -2.37. The SMILES string of the molecule is O=C(NCCc1nnc2n1CCN(C(=O)Cn1c(=O)oc3ccccc31)CC2)C1CCCCC1. The summed E-state index contributed by atoms with van der Waals surface area (Å²) in [6.07, 6.45) is 6.66. The minimum absolute atomic E-state index is 0.0591. The number of aromatic nitrogens is 4. The molecular formula is C24H30N6O4. The van der Waals surface area contributed by atoms with Crippen LogP contribution in [0.1, 0.15) is 43.8 Å². The molecule has 0 bridgehead atoms. The molecule has 34 heavy (non-hydrogen) atoms. The normalized spacial score (nSPS) is 16.9. The Kier molecular flexibility index (Phi) is 6.46. The fourth-order valence-electron chi connectivity index (χ4n) is 5.02. The van der Waals surface area contributed by atoms with Crippen molar-refractivity contribution in [2.24, 2.45) is 5.92 Å². The minimum Gasteiger partial charge on any atom is -0.408 e. The van der Waals surface area contributed by atoms with Gasteiger partial charge in [0.15, 0.2) is 5.58 Å². The maximum absolute atomic E-state index is 13.0. The number of para-hydroxylation sites is 2. The van der Waals surface area contributed by atoms with Crippen LogP contribution >= 0.6 is 0 Å². The highest BCUT2D eigenvalue weighted by Crippen LogP contribution is 2.23. The molecule has 0 unspecified atom stereocenters. The van der Waals surface area contributed by atoms with E-state index in [-0.39, 0.29) is 24.3 Å². The summed E-state index contributed by atoms with van der Waals surface area (Å²) in [5.74, 6) is 1.30. The Balaban J connectivity index is 1.17. The van der Waals surface area contributed by atoms with Gasteiger partial charge < -0.3 is 19.2 Å². The van der Waals surface area contributed by atoms with Gasteiger partial charge in [0.1, 0.15) is 18.2 Å². The van der Waals surface area contributed by atoms with Gasteiger partial charge in [0, 0.05) is 44.9 Å². The van der Waals surface area contributed by atoms with Crippen molar-refractivity contribution in [3.63, 3.8) is 0 Å². The fraction of sp³-hybridized carbons (Fsp3) is 0.542. The maximum atomic E-state index is 13.0. The second-order valence-electron chi connectivity index (χ2n) is 9.11. The highest BCUT2D eigenvalue weighted by molar-refractivity contribution is 5.80. The third-order valence-corrected chi connectivity index (χ3v) is 6.95. The van der Waals surface area contributed by atoms with Gasteiger partial charge in [-0.3, -0.25) is 14.2 Å². The number of rotatable bonds is 6. The average Bonchev–Trinajstić information content (AvgIpc) is 3.30. The number of amides is 2. The van der Waals surface area contributed by atoms with Gasteiger partial charge in [0.05, 0.1) is 5.52 Å². The Bertz CT molecular complexity index is 1240. The van der Waals surface area contributed by atoms with Crippen molar-refractivity contribution in [1.82, 2.24) is 29.5 Å². The zero-order valence-corrected chi connectivity index (χ0v) is 19.2. The number of nitrogens with zero attached hydrogens (tertiary/aromatic N) is 5. The van der Waals surface area contributed by atoms with Crippen LogP contribution in [0.4, 0.5) is 0 Å². The Labute approximate surface area is 196 Å². The molecule has 10 heteroatoms. The highest BCUT2D eigenvalue weighted by Gasteiger charge is 2.24. The van der Waals surface area contributed by atoms with Gasteiger partial charge in [0.25, 0.3) is 0 Å². The molecule has 2 aromatic heterocycles. The molecule has 1 aliphatic heterocycles. The highest BCUT2D eigenvalue weighted by atomic mass is 16.4. The van der Waals surface area contributed by atoms with E-state index in [1.165, 1.54) is 11.0 Å². The van der Waals surface area contributed by atoms with E-state index >= 15 is 0 Å². The molecule has 0 spiro atoms. The second-order valence-corrected chi connectivity index (χ2v) is 9.11. The number of oxazole rings is 1. The van der Waals surface area contributed by atoms with Crippen LogP contribution in [0, 0.1) is 5.92 Å². The summed E-state index contributed by atoms with van der Waals surface area (Å²) in [5, 5.41) is 11.7. The van der Waals surface area contributed by atoms with Crippen LogP contribution < -0.4 is 11.1 Å². The molecule has 3 heterocycles. The summed E-state index contributed by atoms with van der Waals surface area (Å²) >= 11 is 0. The van der Waals surface area contributed by atoms with Crippen LogP contribution in [0.2, 0.25) is 0 Å². The first kappa shape index (κ1) is 22.4. The lowest BCUT2D eigenvalue weighted by atomic mass is 9.89. The molecule has 0 radical (unpaired) electrons. The smallest absolute Gasteiger partial charge is 0.408 e. The summed E-state index contributed by atoms with van der Waals surface area (Å²) in [7, 11) is 0. The predicted octanol–water partition coefficient (Wildman–Crippen LogP) is 1.51. The molecule has 1 fully saturated rings. The van der Waals surface area contributed by atoms with Crippen molar-refractivity contribution in [2.75, 3.05) is 19.6 Å². The van der Waals surface area contributed by atoms with Crippen molar-refractivity contribution in [3.8, 4) is 0 Å². The van der Waals surface area contributed by atoms with Crippen molar-refractivity contribution >= 4 is 22.9 Å². The number of hydrogen-bond acceptors (Lipinski definition) is 6. The Hall–Kier alpha value is -3.43. The summed E-state index contributed by atoms with van der Waals surface area (Å²) in [6.45, 7) is 2.08. The van der Waals surface area contributed by atoms with Crippen LogP contribution in [0.5, 0.6) is 0 Å². The van der Waals surface area contributed by atoms with E-state index in [0.717, 1.165) is 37.3 Å². The summed E-state index contributed by atoms with van der Waals surface area (Å²) < 4.78 is 8.68. The van der Waals surface area contributed by atoms with E-state index in [1.807, 2.05) is 6.07 Å². The monoisotopic (exact) mass is 466 g/mol. The Morgan fingerprint density at radius 1 is 1.06 bits per heavy atom. The number of carbonyl (C=O) groups is 2. The molecule has 0 saturated heterocycles. The van der Waals surface area contributed by atoms with E-state index in [4.69, 9.17) is 4.42 Å². The van der Waals surface area contributed by atoms with Crippen LogP contribution in [0.3, 0.4) is 0 Å². The lowest BCUT2D eigenvalue weighted by Gasteiger charge is -2.21. The molecule has 180 valence electrons. The number of fused-ring (bicyclic) bond motifs is 2. The Morgan fingerprint density at radius 3 is 2.74 bits per heavy atom. The van der Waals surface area contributed by atoms with E-state index in [1.54, 1.807) is 23.1 Å². The summed E-state index contributed by atoms with van der Waals surface area (Å²) in [5.41, 5.74) is 1.09. The summed E-state index contributed by atoms with van der Waals surface area (Å²) in [4.78, 5) is 39.4. The van der Waals surface area contributed by atoms with Crippen molar-refractivity contribution in [1.29, 1.82) is 0 Å². The van der Waals surface area contributed by atoms with Crippen molar-refractivity contribution < 1.29 is 14.0 Å². The van der Waals surface area contributed by atoms with Crippen LogP contribution in [-0.2, 0) is 35.5 Å². The third kappa shape index (κ3) is 4.62. The molecule has 3 aromatic rings. The second kappa shape index (κ2) is 9.82. The standard InChI is InChI=1S/C24H30N6O4/c31-22(16-30-18-8-4-5-9-19(18)34-24(30)33)28-13-11-21-27-26-20(29(21)15-14-28)10-12-25-23(32)17-6-2-1-3-7-17/h4-5,8-9,17H,1-3,6-7,10-16H2,(H,25,32). The first-order valence-corrected chi connectivity index (χ1v) is 12.1. The molecule has 10 nitrogen and oxygen atoms in total. The van der Waals surface area contributed by atoms with E-state index in [2.05, 4.69) is 20.1 Å². The van der Waals surface area contributed by atoms with Crippen molar-refractivity contribution in [3.05, 3.63) is 46.5 Å². The fourth-order valence-corrected chi connectivity index (χ4v) is 5.02. The van der Waals surface area contributed by atoms with Gasteiger partial charge in [-0.15, -0.1) is 10.2 Å². The van der Waals surface area contributed by atoms with Crippen LogP contribution in [-0.4, -0.2) is 55.7 Å². The van der Waals surface area contributed by atoms with Crippen LogP contribution in [0.25, 0.3) is 11.1 Å². The lowest BCUT2D eigenvalue weighted by molar-refractivity contribution is -0.132. The van der Waals surface area contributed by atoms with Gasteiger partial charge in [-0.1, -0.05) is 31.4 Å². The predicted molar refractivity (Wildman–Crippen MR) is 124 cm³/mol. The van der Waals surface area contributed by atoms with Gasteiger partial charge in [-0.25, -0.2) is 4.79 Å². The van der Waals surface area contributed by atoms with Gasteiger partial charge >= 0.3 is 5.76 Å². The summed E-state index contributed by atoms with van der Waals surface area (Å²) in [6, 6.07) is 7.10. The Morgan fingerprint density at radius 2 is 1.88 bits per heavy atom. The van der Waals surface area contributed by atoms with Crippen molar-refractivity contribution in [2.45, 2.75) is 58.0 Å². The van der Waals surface area contributed by atoms with E-state index in [0.29, 0.717) is 50.1 Å². The molecule has 1 aliphatic carbocycles. The molecular weight excluding hydrogens is 436 g/mol. The number of carbonyl (C=O) groups excluding carboxylic acids is 2. The number of benzene rings is 1. The molecule has 2 amide bonds. The molecule has 1 N–H and O–H groups in total. The maximum Gasteiger partial charge on any atom is 0.420 e. The first-order valence-electron chi connectivity index (χ1n) is 12.1. The average molecular weight is 467 g/mol. The van der Waals surface area contributed by atoms with E-state index in [9.17, 15) is 14.4 Å². The molecule has 1 saturated carbocycles. The molecule has 1 aromatic carbocycles. The quantitative estimate of drug-likeness (QED) is 0.589. The third-order valence-electron chi connectivity index (χ3n) is 6.95. The first-order chi connectivity index (χ1) is 16.6. The zero-order chi connectivity index (χ0) is 23.5. The number of nitrogens with one attached hydrogen (secondary N) is 1. The molecule has 5 rings (SSSR count). The minimum atomic E-state index is -0.529. The largest absolute Gasteiger partial charge is 0.420 e. The van der Waals surface area contributed by atoms with E-state index < -0.39 is 5.76 Å². The van der Waals surface area contributed by atoms with Gasteiger partial charge in [-0.2, -0.15) is 0 Å². The van der Waals surface area contributed by atoms with Gasteiger partial charge in [0.2, 0.25) is 11.8 Å². The number of hydrogen-bond donors (Lipinski definition) is 1. The molecule has 2 aliphatic rings. The molecule has 0 atom stereocenters. The van der Waals surface area contributed by atoms with Gasteiger partial charge in [-0.05, 0) is 25.0 Å². The zero-order valence-electron chi connectivity index (χ0n) is 19.2. The van der Waals surface area contributed by atoms with Crippen LogP contribution in [0.15, 0.2) is 33.5 Å².